The van der Waals surface area contributed by atoms with Crippen LogP contribution in [0, 0.1) is 0 Å². The summed E-state index contributed by atoms with van der Waals surface area (Å²) < 4.78 is 10.8. The number of carbonyl (C=O) groups is 2. The Kier molecular flexibility index (Phi) is 10.3. The highest BCUT2D eigenvalue weighted by Crippen LogP contribution is 2.17. The van der Waals surface area contributed by atoms with Crippen LogP contribution in [-0.4, -0.2) is 57.9 Å². The Balaban J connectivity index is 2.29. The van der Waals surface area contributed by atoms with Gasteiger partial charge in [-0.05, 0) is 65.5 Å². The number of hydrogen-bond donors (Lipinski definition) is 4. The van der Waals surface area contributed by atoms with Crippen molar-refractivity contribution in [1.29, 1.82) is 0 Å². The van der Waals surface area contributed by atoms with E-state index < -0.39 is 47.7 Å². The number of ether oxygens (including phenoxy) is 2. The summed E-state index contributed by atoms with van der Waals surface area (Å²) in [5, 5.41) is 27.9. The Morgan fingerprint density at radius 2 is 0.972 bits per heavy atom. The topological polar surface area (TPSA) is 117 Å². The highest BCUT2D eigenvalue weighted by Gasteiger charge is 2.36. The Morgan fingerprint density at radius 1 is 0.667 bits per heavy atom. The summed E-state index contributed by atoms with van der Waals surface area (Å²) in [5.41, 5.74) is 0.229. The first-order valence-corrected chi connectivity index (χ1v) is 12.2. The Hall–Kier alpha value is -3.10. The molecule has 0 aromatic heterocycles. The van der Waals surface area contributed by atoms with Crippen molar-refractivity contribution in [2.45, 2.75) is 89.9 Å². The average molecular weight is 501 g/mol. The van der Waals surface area contributed by atoms with E-state index in [9.17, 15) is 19.8 Å². The molecule has 0 unspecified atom stereocenters. The number of aliphatic hydroxyl groups is 2. The lowest BCUT2D eigenvalue weighted by molar-refractivity contribution is -0.0293. The molecule has 8 heteroatoms. The standard InChI is InChI=1S/C28H40N2O6/c1-27(2,3)35-25(33)29-21(17-19-13-9-7-10-14-19)23(31)24(32)22(18-20-15-11-8-12-16-20)30-26(34)36-28(4,5)6/h7-16,21-24,31-32H,17-18H2,1-6H3,(H,29,33)(H,30,34)/t21-,22-,23-,24+/m0/s1. The van der Waals surface area contributed by atoms with Crippen LogP contribution < -0.4 is 10.6 Å². The summed E-state index contributed by atoms with van der Waals surface area (Å²) in [6.07, 6.45) is -3.81. The largest absolute Gasteiger partial charge is 0.444 e. The summed E-state index contributed by atoms with van der Waals surface area (Å²) in [4.78, 5) is 25.1. The molecule has 8 nitrogen and oxygen atoms in total. The van der Waals surface area contributed by atoms with Crippen LogP contribution >= 0.6 is 0 Å². The van der Waals surface area contributed by atoms with Crippen molar-refractivity contribution >= 4 is 12.2 Å². The van der Waals surface area contributed by atoms with Crippen molar-refractivity contribution in [3.05, 3.63) is 71.8 Å². The van der Waals surface area contributed by atoms with Gasteiger partial charge >= 0.3 is 12.2 Å². The molecular weight excluding hydrogens is 460 g/mol. The van der Waals surface area contributed by atoms with E-state index in [-0.39, 0.29) is 12.8 Å². The van der Waals surface area contributed by atoms with Crippen molar-refractivity contribution in [1.82, 2.24) is 10.6 Å². The van der Waals surface area contributed by atoms with Crippen molar-refractivity contribution in [2.75, 3.05) is 0 Å². The lowest BCUT2D eigenvalue weighted by Crippen LogP contribution is -2.58. The van der Waals surface area contributed by atoms with E-state index in [2.05, 4.69) is 10.6 Å². The van der Waals surface area contributed by atoms with Gasteiger partial charge in [0.15, 0.2) is 0 Å². The Labute approximate surface area is 214 Å². The highest BCUT2D eigenvalue weighted by molar-refractivity contribution is 5.69. The smallest absolute Gasteiger partial charge is 0.407 e. The third kappa shape index (κ3) is 10.7. The van der Waals surface area contributed by atoms with Crippen LogP contribution in [-0.2, 0) is 22.3 Å². The molecule has 2 aromatic carbocycles. The second kappa shape index (κ2) is 12.7. The van der Waals surface area contributed by atoms with Gasteiger partial charge in [-0.2, -0.15) is 0 Å². The maximum Gasteiger partial charge on any atom is 0.407 e. The lowest BCUT2D eigenvalue weighted by Gasteiger charge is -2.34. The number of nitrogens with one attached hydrogen (secondary N) is 2. The minimum absolute atomic E-state index is 0.239. The summed E-state index contributed by atoms with van der Waals surface area (Å²) in [5.74, 6) is 0. The normalized spacial score (nSPS) is 15.2. The first-order chi connectivity index (χ1) is 16.7. The van der Waals surface area contributed by atoms with Gasteiger partial charge in [-0.1, -0.05) is 60.7 Å². The molecular formula is C28H40N2O6. The van der Waals surface area contributed by atoms with Crippen LogP contribution in [0.1, 0.15) is 52.7 Å². The second-order valence-electron chi connectivity index (χ2n) is 10.9. The van der Waals surface area contributed by atoms with Crippen LogP contribution in [0.2, 0.25) is 0 Å². The van der Waals surface area contributed by atoms with Gasteiger partial charge in [0, 0.05) is 0 Å². The van der Waals surface area contributed by atoms with Gasteiger partial charge in [0.05, 0.1) is 12.1 Å². The van der Waals surface area contributed by atoms with E-state index in [1.54, 1.807) is 41.5 Å². The third-order valence-corrected chi connectivity index (χ3v) is 5.18. The van der Waals surface area contributed by atoms with E-state index in [1.165, 1.54) is 0 Å². The molecule has 198 valence electrons. The molecule has 0 heterocycles. The first-order valence-electron chi connectivity index (χ1n) is 12.2. The van der Waals surface area contributed by atoms with Crippen molar-refractivity contribution in [3.8, 4) is 0 Å². The molecule has 0 aliphatic carbocycles. The first kappa shape index (κ1) is 29.1. The van der Waals surface area contributed by atoms with Crippen molar-refractivity contribution < 1.29 is 29.3 Å². The van der Waals surface area contributed by atoms with Crippen LogP contribution in [0.5, 0.6) is 0 Å². The zero-order valence-corrected chi connectivity index (χ0v) is 22.0. The molecule has 0 radical (unpaired) electrons. The molecule has 0 aliphatic heterocycles. The van der Waals surface area contributed by atoms with Crippen LogP contribution in [0.15, 0.2) is 60.7 Å². The molecule has 2 rings (SSSR count). The molecule has 0 saturated carbocycles. The van der Waals surface area contributed by atoms with Crippen molar-refractivity contribution in [3.63, 3.8) is 0 Å². The zero-order valence-electron chi connectivity index (χ0n) is 22.0. The van der Waals surface area contributed by atoms with Gasteiger partial charge in [-0.3, -0.25) is 0 Å². The predicted molar refractivity (Wildman–Crippen MR) is 139 cm³/mol. The Bertz CT molecular complexity index is 874. The van der Waals surface area contributed by atoms with Gasteiger partial charge in [0.1, 0.15) is 23.4 Å². The zero-order chi connectivity index (χ0) is 26.9. The number of carbonyl (C=O) groups excluding carboxylic acids is 2. The minimum atomic E-state index is -1.43. The number of aliphatic hydroxyl groups excluding tert-OH is 2. The van der Waals surface area contributed by atoms with Crippen molar-refractivity contribution in [2.24, 2.45) is 0 Å². The predicted octanol–water partition coefficient (Wildman–Crippen LogP) is 3.98. The van der Waals surface area contributed by atoms with Gasteiger partial charge in [0.2, 0.25) is 0 Å². The number of benzene rings is 2. The van der Waals surface area contributed by atoms with Crippen LogP contribution in [0.3, 0.4) is 0 Å². The van der Waals surface area contributed by atoms with E-state index in [4.69, 9.17) is 9.47 Å². The summed E-state index contributed by atoms with van der Waals surface area (Å²) >= 11 is 0. The Morgan fingerprint density at radius 3 is 1.25 bits per heavy atom. The maximum absolute atomic E-state index is 12.6. The molecule has 0 fully saturated rings. The summed E-state index contributed by atoms with van der Waals surface area (Å²) in [6, 6.07) is 16.8. The maximum atomic E-state index is 12.6. The number of alkyl carbamates (subject to hydrolysis) is 2. The lowest BCUT2D eigenvalue weighted by atomic mass is 9.91. The molecule has 0 spiro atoms. The fourth-order valence-corrected chi connectivity index (χ4v) is 3.64. The SMILES string of the molecule is CC(C)(C)OC(=O)N[C@@H](Cc1ccccc1)[C@H](O)[C@H](O)[C@H](Cc1ccccc1)NC(=O)OC(C)(C)C. The second-order valence-corrected chi connectivity index (χ2v) is 10.9. The van der Waals surface area contributed by atoms with E-state index in [0.29, 0.717) is 0 Å². The molecule has 4 atom stereocenters. The summed E-state index contributed by atoms with van der Waals surface area (Å²) in [6.45, 7) is 10.4. The monoisotopic (exact) mass is 500 g/mol. The minimum Gasteiger partial charge on any atom is -0.444 e. The fourth-order valence-electron chi connectivity index (χ4n) is 3.64. The average Bonchev–Trinajstić information content (AvgIpc) is 2.76. The molecule has 2 amide bonds. The third-order valence-electron chi connectivity index (χ3n) is 5.18. The van der Waals surface area contributed by atoms with Crippen LogP contribution in [0.4, 0.5) is 9.59 Å². The van der Waals surface area contributed by atoms with Gasteiger partial charge < -0.3 is 30.3 Å². The number of amides is 2. The quantitative estimate of drug-likeness (QED) is 0.414. The van der Waals surface area contributed by atoms with Gasteiger partial charge in [0.25, 0.3) is 0 Å². The fraction of sp³-hybridized carbons (Fsp3) is 0.500. The molecule has 4 N–H and O–H groups in total. The molecule has 0 bridgehead atoms. The van der Waals surface area contributed by atoms with Crippen LogP contribution in [0.25, 0.3) is 0 Å². The number of rotatable bonds is 9. The molecule has 0 saturated heterocycles. The van der Waals surface area contributed by atoms with E-state index in [1.807, 2.05) is 60.7 Å². The molecule has 0 aliphatic rings. The van der Waals surface area contributed by atoms with Gasteiger partial charge in [-0.15, -0.1) is 0 Å². The van der Waals surface area contributed by atoms with Gasteiger partial charge in [-0.25, -0.2) is 9.59 Å². The number of hydrogen-bond acceptors (Lipinski definition) is 6. The summed E-state index contributed by atoms with van der Waals surface area (Å²) in [7, 11) is 0. The highest BCUT2D eigenvalue weighted by atomic mass is 16.6. The molecule has 2 aromatic rings. The van der Waals surface area contributed by atoms with E-state index in [0.717, 1.165) is 11.1 Å². The molecule has 36 heavy (non-hydrogen) atoms. The van der Waals surface area contributed by atoms with E-state index >= 15 is 0 Å².